The van der Waals surface area contributed by atoms with Gasteiger partial charge in [-0.2, -0.15) is 0 Å². The number of nitrogens with two attached hydrogens (primary N) is 1. The molecule has 1 aliphatic rings. The maximum Gasteiger partial charge on any atom is 0.236 e. The normalized spacial score (nSPS) is 18.9. The van der Waals surface area contributed by atoms with E-state index in [1.807, 2.05) is 18.7 Å². The molecule has 6 heteroatoms. The zero-order chi connectivity index (χ0) is 16.3. The van der Waals surface area contributed by atoms with E-state index in [1.165, 1.54) is 0 Å². The third kappa shape index (κ3) is 3.48. The summed E-state index contributed by atoms with van der Waals surface area (Å²) >= 11 is 0. The van der Waals surface area contributed by atoms with Crippen LogP contribution in [0.4, 0.5) is 0 Å². The summed E-state index contributed by atoms with van der Waals surface area (Å²) in [6.07, 6.45) is 1.08. The molecule has 21 heavy (non-hydrogen) atoms. The molecule has 1 fully saturated rings. The summed E-state index contributed by atoms with van der Waals surface area (Å²) in [4.78, 5) is 17.1. The van der Waals surface area contributed by atoms with Crippen LogP contribution in [-0.2, 0) is 4.79 Å². The van der Waals surface area contributed by atoms with Gasteiger partial charge in [-0.15, -0.1) is 0 Å². The van der Waals surface area contributed by atoms with E-state index in [0.29, 0.717) is 25.9 Å². The number of rotatable bonds is 4. The predicted molar refractivity (Wildman–Crippen MR) is 84.3 cm³/mol. The summed E-state index contributed by atoms with van der Waals surface area (Å²) in [5, 5.41) is 12.1. The summed E-state index contributed by atoms with van der Waals surface area (Å²) in [7, 11) is 0. The molecule has 1 rings (SSSR count). The van der Waals surface area contributed by atoms with E-state index in [4.69, 9.17) is 10.9 Å². The maximum atomic E-state index is 12.9. The number of nitrogens with zero attached hydrogens (tertiary/aromatic N) is 3. The Morgan fingerprint density at radius 3 is 1.95 bits per heavy atom. The minimum Gasteiger partial charge on any atom is -0.409 e. The standard InChI is InChI=1S/C15H30N4O2/c1-6-15(7-2,12(16)17-21)13(20)18-8-10-19(11-9-18)14(3,4)5/h21H,6-11H2,1-5H3,(H2,16,17). The van der Waals surface area contributed by atoms with Crippen molar-refractivity contribution in [2.45, 2.75) is 53.0 Å². The summed E-state index contributed by atoms with van der Waals surface area (Å²) in [5.74, 6) is 0.00658. The monoisotopic (exact) mass is 298 g/mol. The van der Waals surface area contributed by atoms with Gasteiger partial charge in [-0.25, -0.2) is 0 Å². The largest absolute Gasteiger partial charge is 0.409 e. The summed E-state index contributed by atoms with van der Waals surface area (Å²) < 4.78 is 0. The van der Waals surface area contributed by atoms with Crippen LogP contribution < -0.4 is 5.73 Å². The Kier molecular flexibility index (Phi) is 5.61. The number of hydrogen-bond donors (Lipinski definition) is 2. The van der Waals surface area contributed by atoms with Crippen molar-refractivity contribution in [3.8, 4) is 0 Å². The summed E-state index contributed by atoms with van der Waals surface area (Å²) in [6, 6.07) is 0. The lowest BCUT2D eigenvalue weighted by atomic mass is 9.79. The van der Waals surface area contributed by atoms with Gasteiger partial charge in [-0.05, 0) is 33.6 Å². The predicted octanol–water partition coefficient (Wildman–Crippen LogP) is 1.48. The molecule has 0 aromatic carbocycles. The van der Waals surface area contributed by atoms with E-state index in [2.05, 4.69) is 30.8 Å². The number of piperazine rings is 1. The van der Waals surface area contributed by atoms with Crippen LogP contribution in [0.3, 0.4) is 0 Å². The van der Waals surface area contributed by atoms with Crippen LogP contribution in [0.1, 0.15) is 47.5 Å². The Bertz CT molecular complexity index is 389. The highest BCUT2D eigenvalue weighted by atomic mass is 16.4. The molecule has 6 nitrogen and oxygen atoms in total. The van der Waals surface area contributed by atoms with E-state index in [-0.39, 0.29) is 17.3 Å². The van der Waals surface area contributed by atoms with E-state index >= 15 is 0 Å². The fourth-order valence-corrected chi connectivity index (χ4v) is 3.00. The first-order valence-corrected chi connectivity index (χ1v) is 7.75. The van der Waals surface area contributed by atoms with E-state index in [0.717, 1.165) is 13.1 Å². The fourth-order valence-electron chi connectivity index (χ4n) is 3.00. The average Bonchev–Trinajstić information content (AvgIpc) is 2.47. The third-order valence-electron chi connectivity index (χ3n) is 4.73. The Hall–Kier alpha value is -1.30. The fraction of sp³-hybridized carbons (Fsp3) is 0.867. The molecule has 0 spiro atoms. The van der Waals surface area contributed by atoms with Crippen LogP contribution in [0.5, 0.6) is 0 Å². The molecule has 1 aliphatic heterocycles. The number of amidine groups is 1. The van der Waals surface area contributed by atoms with Gasteiger partial charge < -0.3 is 15.8 Å². The second-order valence-corrected chi connectivity index (χ2v) is 6.72. The number of hydrogen-bond acceptors (Lipinski definition) is 4. The molecule has 0 atom stereocenters. The zero-order valence-corrected chi connectivity index (χ0v) is 14.0. The topological polar surface area (TPSA) is 82.2 Å². The lowest BCUT2D eigenvalue weighted by molar-refractivity contribution is -0.141. The van der Waals surface area contributed by atoms with Crippen LogP contribution in [0.2, 0.25) is 0 Å². The molecule has 0 aromatic rings. The van der Waals surface area contributed by atoms with Gasteiger partial charge in [0.2, 0.25) is 5.91 Å². The molecule has 1 heterocycles. The Morgan fingerprint density at radius 2 is 1.62 bits per heavy atom. The number of oxime groups is 1. The van der Waals surface area contributed by atoms with Crippen LogP contribution >= 0.6 is 0 Å². The van der Waals surface area contributed by atoms with Crippen molar-refractivity contribution in [2.24, 2.45) is 16.3 Å². The number of amides is 1. The quantitative estimate of drug-likeness (QED) is 0.356. The molecular formula is C15H30N4O2. The summed E-state index contributed by atoms with van der Waals surface area (Å²) in [5.41, 5.74) is 5.06. The SMILES string of the molecule is CCC(CC)(C(=O)N1CCN(C(C)(C)C)CC1)C(N)=NO. The van der Waals surface area contributed by atoms with Gasteiger partial charge in [-0.1, -0.05) is 19.0 Å². The second kappa shape index (κ2) is 6.64. The van der Waals surface area contributed by atoms with E-state index in [1.54, 1.807) is 0 Å². The first kappa shape index (κ1) is 17.8. The average molecular weight is 298 g/mol. The lowest BCUT2D eigenvalue weighted by Gasteiger charge is -2.44. The lowest BCUT2D eigenvalue weighted by Crippen LogP contribution is -2.59. The van der Waals surface area contributed by atoms with Crippen molar-refractivity contribution in [3.63, 3.8) is 0 Å². The Morgan fingerprint density at radius 1 is 1.14 bits per heavy atom. The zero-order valence-electron chi connectivity index (χ0n) is 14.0. The highest BCUT2D eigenvalue weighted by Crippen LogP contribution is 2.30. The molecule has 0 aromatic heterocycles. The van der Waals surface area contributed by atoms with E-state index < -0.39 is 5.41 Å². The maximum absolute atomic E-state index is 12.9. The molecular weight excluding hydrogens is 268 g/mol. The number of carbonyl (C=O) groups excluding carboxylic acids is 1. The van der Waals surface area contributed by atoms with E-state index in [9.17, 15) is 4.79 Å². The third-order valence-corrected chi connectivity index (χ3v) is 4.73. The van der Waals surface area contributed by atoms with Crippen molar-refractivity contribution in [1.82, 2.24) is 9.80 Å². The van der Waals surface area contributed by atoms with Gasteiger partial charge in [-0.3, -0.25) is 9.69 Å². The molecule has 3 N–H and O–H groups in total. The molecule has 0 bridgehead atoms. The first-order chi connectivity index (χ1) is 9.72. The van der Waals surface area contributed by atoms with Crippen molar-refractivity contribution in [1.29, 1.82) is 0 Å². The smallest absolute Gasteiger partial charge is 0.236 e. The van der Waals surface area contributed by atoms with Gasteiger partial charge in [0.25, 0.3) is 0 Å². The summed E-state index contributed by atoms with van der Waals surface area (Å²) in [6.45, 7) is 13.5. The highest BCUT2D eigenvalue weighted by molar-refractivity contribution is 6.06. The molecule has 122 valence electrons. The van der Waals surface area contributed by atoms with Crippen molar-refractivity contribution >= 4 is 11.7 Å². The van der Waals surface area contributed by atoms with Crippen LogP contribution in [0, 0.1) is 5.41 Å². The van der Waals surface area contributed by atoms with Gasteiger partial charge in [0.15, 0.2) is 5.84 Å². The Labute approximate surface area is 128 Å². The van der Waals surface area contributed by atoms with Crippen molar-refractivity contribution < 1.29 is 10.0 Å². The minimum absolute atomic E-state index is 0.0173. The van der Waals surface area contributed by atoms with Gasteiger partial charge >= 0.3 is 0 Å². The van der Waals surface area contributed by atoms with Crippen LogP contribution in [0.15, 0.2) is 5.16 Å². The molecule has 1 amide bonds. The molecule has 0 radical (unpaired) electrons. The molecule has 1 saturated heterocycles. The van der Waals surface area contributed by atoms with Crippen LogP contribution in [-0.4, -0.2) is 58.5 Å². The van der Waals surface area contributed by atoms with Crippen molar-refractivity contribution in [2.75, 3.05) is 26.2 Å². The van der Waals surface area contributed by atoms with Crippen molar-refractivity contribution in [3.05, 3.63) is 0 Å². The Balaban J connectivity index is 2.85. The van der Waals surface area contributed by atoms with Crippen LogP contribution in [0.25, 0.3) is 0 Å². The second-order valence-electron chi connectivity index (χ2n) is 6.72. The number of carbonyl (C=O) groups is 1. The van der Waals surface area contributed by atoms with Gasteiger partial charge in [0, 0.05) is 31.7 Å². The minimum atomic E-state index is -0.876. The molecule has 0 unspecified atom stereocenters. The molecule has 0 saturated carbocycles. The highest BCUT2D eigenvalue weighted by Gasteiger charge is 2.43. The first-order valence-electron chi connectivity index (χ1n) is 7.75. The van der Waals surface area contributed by atoms with Gasteiger partial charge in [0.1, 0.15) is 5.41 Å². The van der Waals surface area contributed by atoms with Gasteiger partial charge in [0.05, 0.1) is 0 Å². The molecule has 0 aliphatic carbocycles.